The molecule has 0 radical (unpaired) electrons. The summed E-state index contributed by atoms with van der Waals surface area (Å²) >= 11 is 0. The molecule has 0 aliphatic rings. The molecule has 0 unspecified atom stereocenters. The summed E-state index contributed by atoms with van der Waals surface area (Å²) in [5, 5.41) is 2.72. The number of carbonyl (C=O) groups is 2. The normalized spacial score (nSPS) is 10.7. The van der Waals surface area contributed by atoms with E-state index in [9.17, 15) is 9.59 Å². The van der Waals surface area contributed by atoms with Crippen molar-refractivity contribution in [1.29, 1.82) is 0 Å². The summed E-state index contributed by atoms with van der Waals surface area (Å²) in [7, 11) is 0. The second kappa shape index (κ2) is 5.00. The highest BCUT2D eigenvalue weighted by Gasteiger charge is 2.09. The van der Waals surface area contributed by atoms with Crippen molar-refractivity contribution in [3.63, 3.8) is 0 Å². The van der Waals surface area contributed by atoms with Gasteiger partial charge in [0.15, 0.2) is 11.5 Å². The maximum absolute atomic E-state index is 11.5. The predicted molar refractivity (Wildman–Crippen MR) is 62.9 cm³/mol. The number of aromatic amines is 1. The van der Waals surface area contributed by atoms with Crippen molar-refractivity contribution in [3.8, 4) is 0 Å². The van der Waals surface area contributed by atoms with Gasteiger partial charge in [0.05, 0.1) is 18.2 Å². The summed E-state index contributed by atoms with van der Waals surface area (Å²) in [6.45, 7) is 0. The van der Waals surface area contributed by atoms with Gasteiger partial charge in [0, 0.05) is 12.3 Å². The van der Waals surface area contributed by atoms with Crippen LogP contribution < -0.4 is 11.1 Å². The topological polar surface area (TPSA) is 114 Å². The van der Waals surface area contributed by atoms with Gasteiger partial charge in [0.25, 0.3) is 5.91 Å². The molecule has 2 heterocycles. The molecule has 2 rings (SSSR count). The van der Waals surface area contributed by atoms with Crippen molar-refractivity contribution in [2.75, 3.05) is 5.32 Å². The van der Waals surface area contributed by atoms with Crippen molar-refractivity contribution < 1.29 is 14.0 Å². The molecule has 0 aromatic carbocycles. The summed E-state index contributed by atoms with van der Waals surface area (Å²) in [6.07, 6.45) is 6.77. The van der Waals surface area contributed by atoms with Crippen LogP contribution in [0.2, 0.25) is 0 Å². The lowest BCUT2D eigenvalue weighted by atomic mass is 10.2. The first-order valence-corrected chi connectivity index (χ1v) is 5.01. The van der Waals surface area contributed by atoms with Crippen LogP contribution in [-0.4, -0.2) is 21.7 Å². The maximum atomic E-state index is 11.5. The largest absolute Gasteiger partial charge is 0.472 e. The SMILES string of the molecule is NC(=O)c1nc[nH]c1NC=CC(=O)c1ccoc1. The molecule has 92 valence electrons. The van der Waals surface area contributed by atoms with E-state index in [-0.39, 0.29) is 11.5 Å². The third-order valence-corrected chi connectivity index (χ3v) is 2.14. The number of nitrogens with one attached hydrogen (secondary N) is 2. The molecule has 7 heteroatoms. The van der Waals surface area contributed by atoms with E-state index in [1.165, 1.54) is 31.1 Å². The minimum absolute atomic E-state index is 0.0791. The first kappa shape index (κ1) is 11.6. The highest BCUT2D eigenvalue weighted by molar-refractivity contribution is 6.04. The van der Waals surface area contributed by atoms with E-state index in [1.54, 1.807) is 6.07 Å². The molecule has 0 bridgehead atoms. The van der Waals surface area contributed by atoms with Crippen LogP contribution in [-0.2, 0) is 0 Å². The minimum Gasteiger partial charge on any atom is -0.472 e. The third kappa shape index (κ3) is 2.46. The number of primary amides is 1. The summed E-state index contributed by atoms with van der Waals surface area (Å²) < 4.78 is 4.79. The Hall–Kier alpha value is -2.83. The molecule has 0 aliphatic carbocycles. The Morgan fingerprint density at radius 1 is 1.50 bits per heavy atom. The Bertz CT molecular complexity index is 583. The van der Waals surface area contributed by atoms with Crippen LogP contribution in [0, 0.1) is 0 Å². The maximum Gasteiger partial charge on any atom is 0.271 e. The third-order valence-electron chi connectivity index (χ3n) is 2.14. The lowest BCUT2D eigenvalue weighted by Gasteiger charge is -1.97. The predicted octanol–water partition coefficient (Wildman–Crippen LogP) is 0.910. The van der Waals surface area contributed by atoms with E-state index >= 15 is 0 Å². The second-order valence-electron chi connectivity index (χ2n) is 3.34. The van der Waals surface area contributed by atoms with Gasteiger partial charge in [-0.2, -0.15) is 0 Å². The molecule has 0 spiro atoms. The molecule has 0 fully saturated rings. The average Bonchev–Trinajstić information content (AvgIpc) is 2.99. The van der Waals surface area contributed by atoms with E-state index in [0.29, 0.717) is 11.4 Å². The van der Waals surface area contributed by atoms with E-state index in [0.717, 1.165) is 0 Å². The van der Waals surface area contributed by atoms with Gasteiger partial charge in [-0.05, 0) is 6.07 Å². The first-order chi connectivity index (χ1) is 8.68. The Morgan fingerprint density at radius 2 is 2.33 bits per heavy atom. The summed E-state index contributed by atoms with van der Waals surface area (Å²) in [4.78, 5) is 28.9. The molecule has 2 aromatic heterocycles. The zero-order valence-corrected chi connectivity index (χ0v) is 9.21. The fourth-order valence-corrected chi connectivity index (χ4v) is 1.29. The number of allylic oxidation sites excluding steroid dienone is 1. The van der Waals surface area contributed by atoms with Gasteiger partial charge in [-0.25, -0.2) is 4.98 Å². The number of ketones is 1. The van der Waals surface area contributed by atoms with E-state index < -0.39 is 5.91 Å². The number of nitrogens with two attached hydrogens (primary N) is 1. The second-order valence-corrected chi connectivity index (χ2v) is 3.34. The first-order valence-electron chi connectivity index (χ1n) is 5.01. The fraction of sp³-hybridized carbons (Fsp3) is 0. The van der Waals surface area contributed by atoms with Gasteiger partial charge < -0.3 is 20.5 Å². The number of carbonyl (C=O) groups excluding carboxylic acids is 2. The summed E-state index contributed by atoms with van der Waals surface area (Å²) in [6, 6.07) is 1.55. The monoisotopic (exact) mass is 246 g/mol. The van der Waals surface area contributed by atoms with Crippen LogP contribution in [0.5, 0.6) is 0 Å². The van der Waals surface area contributed by atoms with Gasteiger partial charge in [-0.1, -0.05) is 0 Å². The number of furan rings is 1. The average molecular weight is 246 g/mol. The molecular formula is C11H10N4O3. The van der Waals surface area contributed by atoms with Crippen molar-refractivity contribution in [3.05, 3.63) is 48.5 Å². The smallest absolute Gasteiger partial charge is 0.271 e. The number of hydrogen-bond donors (Lipinski definition) is 3. The Balaban J connectivity index is 2.01. The molecule has 0 saturated heterocycles. The van der Waals surface area contributed by atoms with E-state index in [4.69, 9.17) is 10.2 Å². The van der Waals surface area contributed by atoms with Gasteiger partial charge in [0.1, 0.15) is 12.1 Å². The lowest BCUT2D eigenvalue weighted by molar-refractivity contribution is 0.0995. The Labute approximate surface area is 102 Å². The number of rotatable bonds is 5. The molecule has 2 aromatic rings. The van der Waals surface area contributed by atoms with Gasteiger partial charge in [-0.3, -0.25) is 9.59 Å². The fourth-order valence-electron chi connectivity index (χ4n) is 1.29. The zero-order valence-electron chi connectivity index (χ0n) is 9.21. The summed E-state index contributed by atoms with van der Waals surface area (Å²) in [5.74, 6) is -0.552. The molecule has 18 heavy (non-hydrogen) atoms. The number of anilines is 1. The van der Waals surface area contributed by atoms with E-state index in [1.807, 2.05) is 0 Å². The van der Waals surface area contributed by atoms with Crippen LogP contribution in [0.4, 0.5) is 5.82 Å². The van der Waals surface area contributed by atoms with Gasteiger partial charge >= 0.3 is 0 Å². The van der Waals surface area contributed by atoms with Gasteiger partial charge in [-0.15, -0.1) is 0 Å². The molecule has 4 N–H and O–H groups in total. The standard InChI is InChI=1S/C11H10N4O3/c12-10(17)9-11(15-6-14-9)13-3-1-8(16)7-2-4-18-5-7/h1-6,13H,(H2,12,17)(H,14,15). The highest BCUT2D eigenvalue weighted by Crippen LogP contribution is 2.08. The van der Waals surface area contributed by atoms with Crippen LogP contribution in [0.25, 0.3) is 0 Å². The van der Waals surface area contributed by atoms with E-state index in [2.05, 4.69) is 15.3 Å². The molecular weight excluding hydrogens is 236 g/mol. The van der Waals surface area contributed by atoms with Crippen LogP contribution >= 0.6 is 0 Å². The number of nitrogens with zero attached hydrogens (tertiary/aromatic N) is 1. The summed E-state index contributed by atoms with van der Waals surface area (Å²) in [5.41, 5.74) is 5.62. The molecule has 0 saturated carbocycles. The molecule has 1 amide bonds. The zero-order chi connectivity index (χ0) is 13.0. The number of H-pyrrole nitrogens is 1. The number of aromatic nitrogens is 2. The minimum atomic E-state index is -0.659. The molecule has 0 aliphatic heterocycles. The van der Waals surface area contributed by atoms with Crippen molar-refractivity contribution in [2.45, 2.75) is 0 Å². The number of amides is 1. The Morgan fingerprint density at radius 3 is 3.00 bits per heavy atom. The quantitative estimate of drug-likeness (QED) is 0.536. The van der Waals surface area contributed by atoms with Crippen molar-refractivity contribution >= 4 is 17.5 Å². The van der Waals surface area contributed by atoms with Gasteiger partial charge in [0.2, 0.25) is 0 Å². The molecule has 7 nitrogen and oxygen atoms in total. The highest BCUT2D eigenvalue weighted by atomic mass is 16.3. The lowest BCUT2D eigenvalue weighted by Crippen LogP contribution is -2.13. The molecule has 0 atom stereocenters. The van der Waals surface area contributed by atoms with Crippen LogP contribution in [0.3, 0.4) is 0 Å². The van der Waals surface area contributed by atoms with Crippen molar-refractivity contribution in [1.82, 2.24) is 9.97 Å². The van der Waals surface area contributed by atoms with Crippen LogP contribution in [0.1, 0.15) is 20.8 Å². The number of imidazole rings is 1. The Kier molecular flexibility index (Phi) is 3.24. The van der Waals surface area contributed by atoms with Crippen LogP contribution in [0.15, 0.2) is 41.6 Å². The number of hydrogen-bond acceptors (Lipinski definition) is 5. The van der Waals surface area contributed by atoms with Crippen molar-refractivity contribution in [2.24, 2.45) is 5.73 Å².